The van der Waals surface area contributed by atoms with Crippen LogP contribution in [0, 0.1) is 17.8 Å². The zero-order valence-electron chi connectivity index (χ0n) is 13.4. The van der Waals surface area contributed by atoms with Gasteiger partial charge in [-0.05, 0) is 50.5 Å². The first-order chi connectivity index (χ1) is 10.3. The second-order valence-corrected chi connectivity index (χ2v) is 7.60. The van der Waals surface area contributed by atoms with Crippen LogP contribution in [0.1, 0.15) is 70.6 Å². The number of hydrogen-bond acceptors (Lipinski definition) is 2. The summed E-state index contributed by atoms with van der Waals surface area (Å²) < 4.78 is 0. The van der Waals surface area contributed by atoms with Crippen molar-refractivity contribution in [2.45, 2.75) is 76.7 Å². The molecule has 3 nitrogen and oxygen atoms in total. The van der Waals surface area contributed by atoms with E-state index in [0.717, 1.165) is 25.3 Å². The zero-order chi connectivity index (χ0) is 14.7. The van der Waals surface area contributed by atoms with Crippen molar-refractivity contribution < 1.29 is 4.79 Å². The van der Waals surface area contributed by atoms with E-state index in [-0.39, 0.29) is 5.92 Å². The molecule has 3 fully saturated rings. The SMILES string of the molecule is NC[C@H]1CCC[C@H]1C(=O)N1CCCC1CC1CCCCC1. The highest BCUT2D eigenvalue weighted by atomic mass is 16.2. The third-order valence-corrected chi connectivity index (χ3v) is 6.27. The van der Waals surface area contributed by atoms with Gasteiger partial charge in [0.25, 0.3) is 0 Å². The van der Waals surface area contributed by atoms with Crippen LogP contribution in [0.2, 0.25) is 0 Å². The smallest absolute Gasteiger partial charge is 0.226 e. The second kappa shape index (κ2) is 7.13. The monoisotopic (exact) mass is 292 g/mol. The van der Waals surface area contributed by atoms with Crippen LogP contribution in [0.25, 0.3) is 0 Å². The van der Waals surface area contributed by atoms with Crippen molar-refractivity contribution in [3.05, 3.63) is 0 Å². The fraction of sp³-hybridized carbons (Fsp3) is 0.944. The highest BCUT2D eigenvalue weighted by molar-refractivity contribution is 5.80. The average molecular weight is 292 g/mol. The molecule has 2 saturated carbocycles. The fourth-order valence-corrected chi connectivity index (χ4v) is 5.04. The molecule has 3 aliphatic rings. The Morgan fingerprint density at radius 1 is 0.952 bits per heavy atom. The quantitative estimate of drug-likeness (QED) is 0.864. The third-order valence-electron chi connectivity index (χ3n) is 6.27. The molecule has 0 aromatic heterocycles. The van der Waals surface area contributed by atoms with Crippen molar-refractivity contribution in [3.8, 4) is 0 Å². The maximum Gasteiger partial charge on any atom is 0.226 e. The van der Waals surface area contributed by atoms with E-state index in [1.54, 1.807) is 0 Å². The Hall–Kier alpha value is -0.570. The van der Waals surface area contributed by atoms with Crippen molar-refractivity contribution in [2.24, 2.45) is 23.5 Å². The fourth-order valence-electron chi connectivity index (χ4n) is 5.04. The molecule has 0 radical (unpaired) electrons. The van der Waals surface area contributed by atoms with E-state index in [4.69, 9.17) is 5.73 Å². The van der Waals surface area contributed by atoms with Crippen molar-refractivity contribution in [1.29, 1.82) is 0 Å². The van der Waals surface area contributed by atoms with Crippen LogP contribution in [0.3, 0.4) is 0 Å². The van der Waals surface area contributed by atoms with Gasteiger partial charge in [0, 0.05) is 18.5 Å². The summed E-state index contributed by atoms with van der Waals surface area (Å²) in [5.41, 5.74) is 5.87. The summed E-state index contributed by atoms with van der Waals surface area (Å²) in [6, 6.07) is 0.541. The first-order valence-corrected chi connectivity index (χ1v) is 9.30. The number of likely N-dealkylation sites (tertiary alicyclic amines) is 1. The number of nitrogens with two attached hydrogens (primary N) is 1. The van der Waals surface area contributed by atoms with Gasteiger partial charge >= 0.3 is 0 Å². The number of amides is 1. The van der Waals surface area contributed by atoms with Gasteiger partial charge in [0.1, 0.15) is 0 Å². The van der Waals surface area contributed by atoms with Gasteiger partial charge in [-0.3, -0.25) is 4.79 Å². The number of carbonyl (C=O) groups excluding carboxylic acids is 1. The Labute approximate surface area is 129 Å². The molecule has 2 aliphatic carbocycles. The van der Waals surface area contributed by atoms with Gasteiger partial charge < -0.3 is 10.6 Å². The molecule has 3 heteroatoms. The lowest BCUT2D eigenvalue weighted by molar-refractivity contribution is -0.137. The van der Waals surface area contributed by atoms with Crippen LogP contribution < -0.4 is 5.73 Å². The molecule has 0 spiro atoms. The van der Waals surface area contributed by atoms with E-state index in [0.29, 0.717) is 24.4 Å². The molecule has 120 valence electrons. The van der Waals surface area contributed by atoms with E-state index in [2.05, 4.69) is 4.90 Å². The molecule has 1 amide bonds. The van der Waals surface area contributed by atoms with E-state index in [1.807, 2.05) is 0 Å². The van der Waals surface area contributed by atoms with Gasteiger partial charge in [-0.25, -0.2) is 0 Å². The largest absolute Gasteiger partial charge is 0.339 e. The minimum Gasteiger partial charge on any atom is -0.339 e. The van der Waals surface area contributed by atoms with Crippen molar-refractivity contribution in [3.63, 3.8) is 0 Å². The van der Waals surface area contributed by atoms with Gasteiger partial charge in [-0.15, -0.1) is 0 Å². The lowest BCUT2D eigenvalue weighted by Crippen LogP contribution is -2.42. The molecule has 2 N–H and O–H groups in total. The Morgan fingerprint density at radius 2 is 1.76 bits per heavy atom. The van der Waals surface area contributed by atoms with Gasteiger partial charge in [-0.2, -0.15) is 0 Å². The third kappa shape index (κ3) is 3.44. The molecule has 3 atom stereocenters. The van der Waals surface area contributed by atoms with Crippen LogP contribution in [-0.4, -0.2) is 29.9 Å². The minimum atomic E-state index is 0.238. The summed E-state index contributed by atoms with van der Waals surface area (Å²) in [5.74, 6) is 2.02. The number of carbonyl (C=O) groups is 1. The lowest BCUT2D eigenvalue weighted by atomic mass is 9.84. The molecule has 0 aromatic rings. The highest BCUT2D eigenvalue weighted by Crippen LogP contribution is 2.37. The Morgan fingerprint density at radius 3 is 2.52 bits per heavy atom. The van der Waals surface area contributed by atoms with Crippen molar-refractivity contribution in [1.82, 2.24) is 4.90 Å². The Balaban J connectivity index is 1.59. The van der Waals surface area contributed by atoms with E-state index in [1.165, 1.54) is 57.8 Å². The van der Waals surface area contributed by atoms with Crippen LogP contribution in [0.5, 0.6) is 0 Å². The van der Waals surface area contributed by atoms with E-state index >= 15 is 0 Å². The predicted molar refractivity (Wildman–Crippen MR) is 85.8 cm³/mol. The van der Waals surface area contributed by atoms with E-state index < -0.39 is 0 Å². The lowest BCUT2D eigenvalue weighted by Gasteiger charge is -2.32. The molecule has 21 heavy (non-hydrogen) atoms. The van der Waals surface area contributed by atoms with Crippen LogP contribution in [0.15, 0.2) is 0 Å². The van der Waals surface area contributed by atoms with Crippen molar-refractivity contribution in [2.75, 3.05) is 13.1 Å². The first kappa shape index (κ1) is 15.3. The zero-order valence-corrected chi connectivity index (χ0v) is 13.4. The normalized spacial score (nSPS) is 34.5. The minimum absolute atomic E-state index is 0.238. The summed E-state index contributed by atoms with van der Waals surface area (Å²) in [5, 5.41) is 0. The van der Waals surface area contributed by atoms with Crippen LogP contribution in [-0.2, 0) is 4.79 Å². The topological polar surface area (TPSA) is 46.3 Å². The average Bonchev–Trinajstić information content (AvgIpc) is 3.16. The van der Waals surface area contributed by atoms with Gasteiger partial charge in [0.05, 0.1) is 0 Å². The number of nitrogens with zero attached hydrogens (tertiary/aromatic N) is 1. The van der Waals surface area contributed by atoms with E-state index in [9.17, 15) is 4.79 Å². The number of hydrogen-bond donors (Lipinski definition) is 1. The highest BCUT2D eigenvalue weighted by Gasteiger charge is 2.39. The Kier molecular flexibility index (Phi) is 5.20. The molecule has 0 bridgehead atoms. The summed E-state index contributed by atoms with van der Waals surface area (Å²) in [7, 11) is 0. The first-order valence-electron chi connectivity index (χ1n) is 9.30. The maximum absolute atomic E-state index is 12.9. The summed E-state index contributed by atoms with van der Waals surface area (Å²) in [4.78, 5) is 15.2. The standard InChI is InChI=1S/C18H32N2O/c19-13-15-8-4-10-17(15)18(21)20-11-5-9-16(20)12-14-6-2-1-3-7-14/h14-17H,1-13,19H2/t15-,16?,17-/m1/s1. The second-order valence-electron chi connectivity index (χ2n) is 7.60. The number of rotatable bonds is 4. The molecule has 1 aliphatic heterocycles. The van der Waals surface area contributed by atoms with Gasteiger partial charge in [-0.1, -0.05) is 38.5 Å². The maximum atomic E-state index is 12.9. The van der Waals surface area contributed by atoms with Gasteiger partial charge in [0.2, 0.25) is 5.91 Å². The summed E-state index contributed by atoms with van der Waals surface area (Å²) >= 11 is 0. The molecule has 1 heterocycles. The van der Waals surface area contributed by atoms with Gasteiger partial charge in [0.15, 0.2) is 0 Å². The predicted octanol–water partition coefficient (Wildman–Crippen LogP) is 3.32. The van der Waals surface area contributed by atoms with Crippen LogP contribution in [0.4, 0.5) is 0 Å². The summed E-state index contributed by atoms with van der Waals surface area (Å²) in [6.07, 6.45) is 14.2. The van der Waals surface area contributed by atoms with Crippen LogP contribution >= 0.6 is 0 Å². The molecule has 1 unspecified atom stereocenters. The molecular formula is C18H32N2O. The summed E-state index contributed by atoms with van der Waals surface area (Å²) in [6.45, 7) is 1.70. The Bertz CT molecular complexity index is 351. The molecular weight excluding hydrogens is 260 g/mol. The molecule has 0 aromatic carbocycles. The van der Waals surface area contributed by atoms with Crippen molar-refractivity contribution >= 4 is 5.91 Å². The molecule has 1 saturated heterocycles. The molecule has 3 rings (SSSR count).